The summed E-state index contributed by atoms with van der Waals surface area (Å²) in [5.41, 5.74) is 0.335. The maximum absolute atomic E-state index is 13.2. The highest BCUT2D eigenvalue weighted by molar-refractivity contribution is 8.00. The molecule has 2 heterocycles. The molecule has 2 saturated heterocycles. The fraction of sp³-hybridized carbons (Fsp3) is 0.960. The van der Waals surface area contributed by atoms with E-state index >= 15 is 0 Å². The molecule has 2 aliphatic heterocycles. The SMILES string of the molecule is O=C(CSC1NCCCN1CC1CCCCCCCC1)N1CCCC2CCCCC21. The van der Waals surface area contributed by atoms with Crippen molar-refractivity contribution < 1.29 is 4.79 Å². The van der Waals surface area contributed by atoms with Gasteiger partial charge in [-0.3, -0.25) is 15.0 Å². The van der Waals surface area contributed by atoms with Crippen LogP contribution in [0.5, 0.6) is 0 Å². The molecule has 0 aromatic carbocycles. The van der Waals surface area contributed by atoms with E-state index in [1.807, 2.05) is 11.8 Å². The molecular weight excluding hydrogens is 390 g/mol. The standard InChI is InChI=1S/C25H45N3OS/c29-24(28-18-9-14-22-13-7-8-15-23(22)28)20-30-25-26-16-10-17-27(25)19-21-11-5-3-1-2-4-6-12-21/h21-23,25-26H,1-20H2. The second kappa shape index (κ2) is 12.1. The Hall–Kier alpha value is -0.260. The van der Waals surface area contributed by atoms with Crippen LogP contribution in [0.3, 0.4) is 0 Å². The number of rotatable bonds is 5. The van der Waals surface area contributed by atoms with Crippen LogP contribution in [0.4, 0.5) is 0 Å². The third-order valence-electron chi connectivity index (χ3n) is 8.17. The molecule has 0 bridgehead atoms. The number of likely N-dealkylation sites (tertiary alicyclic amines) is 1. The number of nitrogens with one attached hydrogen (secondary N) is 1. The second-order valence-electron chi connectivity index (χ2n) is 10.4. The van der Waals surface area contributed by atoms with Gasteiger partial charge in [0.15, 0.2) is 0 Å². The van der Waals surface area contributed by atoms with E-state index in [1.165, 1.54) is 109 Å². The average molecular weight is 436 g/mol. The lowest BCUT2D eigenvalue weighted by Crippen LogP contribution is -2.53. The fourth-order valence-electron chi connectivity index (χ4n) is 6.50. The van der Waals surface area contributed by atoms with Crippen molar-refractivity contribution >= 4 is 17.7 Å². The van der Waals surface area contributed by atoms with Crippen LogP contribution in [0.1, 0.15) is 96.3 Å². The fourth-order valence-corrected chi connectivity index (χ4v) is 7.61. The first-order valence-corrected chi connectivity index (χ1v) is 14.2. The Morgan fingerprint density at radius 1 is 0.800 bits per heavy atom. The Morgan fingerprint density at radius 2 is 1.50 bits per heavy atom. The summed E-state index contributed by atoms with van der Waals surface area (Å²) in [6.07, 6.45) is 20.5. The van der Waals surface area contributed by atoms with E-state index in [1.54, 1.807) is 0 Å². The molecular formula is C25H45N3OS. The van der Waals surface area contributed by atoms with Crippen molar-refractivity contribution in [3.05, 3.63) is 0 Å². The zero-order valence-corrected chi connectivity index (χ0v) is 20.0. The van der Waals surface area contributed by atoms with Gasteiger partial charge in [-0.05, 0) is 63.3 Å². The highest BCUT2D eigenvalue weighted by Crippen LogP contribution is 2.36. The number of hydrogen-bond donors (Lipinski definition) is 1. The topological polar surface area (TPSA) is 35.6 Å². The second-order valence-corrected chi connectivity index (χ2v) is 11.4. The zero-order valence-electron chi connectivity index (χ0n) is 19.2. The molecule has 0 aromatic rings. The molecule has 4 aliphatic rings. The van der Waals surface area contributed by atoms with Crippen LogP contribution in [0.15, 0.2) is 0 Å². The lowest BCUT2D eigenvalue weighted by Gasteiger charge is -2.44. The molecule has 1 N–H and O–H groups in total. The third kappa shape index (κ3) is 6.38. The summed E-state index contributed by atoms with van der Waals surface area (Å²) < 4.78 is 0. The molecule has 5 heteroatoms. The number of thioether (sulfide) groups is 1. The molecule has 3 atom stereocenters. The summed E-state index contributed by atoms with van der Waals surface area (Å²) in [6.45, 7) is 4.53. The van der Waals surface area contributed by atoms with E-state index in [-0.39, 0.29) is 0 Å². The molecule has 30 heavy (non-hydrogen) atoms. The van der Waals surface area contributed by atoms with E-state index in [2.05, 4.69) is 15.1 Å². The van der Waals surface area contributed by atoms with Crippen molar-refractivity contribution in [3.63, 3.8) is 0 Å². The van der Waals surface area contributed by atoms with Gasteiger partial charge in [0.2, 0.25) is 5.91 Å². The van der Waals surface area contributed by atoms with Gasteiger partial charge in [0.1, 0.15) is 5.50 Å². The van der Waals surface area contributed by atoms with E-state index in [0.29, 0.717) is 23.2 Å². The Kier molecular flexibility index (Phi) is 9.25. The Bertz CT molecular complexity index is 519. The van der Waals surface area contributed by atoms with Crippen LogP contribution in [0, 0.1) is 11.8 Å². The van der Waals surface area contributed by atoms with Crippen LogP contribution in [-0.2, 0) is 4.79 Å². The van der Waals surface area contributed by atoms with E-state index < -0.39 is 0 Å². The molecule has 1 amide bonds. The predicted octanol–water partition coefficient (Wildman–Crippen LogP) is 5.23. The molecule has 0 aromatic heterocycles. The highest BCUT2D eigenvalue weighted by Gasteiger charge is 2.36. The molecule has 0 radical (unpaired) electrons. The highest BCUT2D eigenvalue weighted by atomic mass is 32.2. The Labute approximate surface area is 189 Å². The van der Waals surface area contributed by atoms with Crippen LogP contribution < -0.4 is 5.32 Å². The Morgan fingerprint density at radius 3 is 2.33 bits per heavy atom. The van der Waals surface area contributed by atoms with Crippen molar-refractivity contribution in [1.29, 1.82) is 0 Å². The number of carbonyl (C=O) groups excluding carboxylic acids is 1. The first-order valence-electron chi connectivity index (χ1n) is 13.2. The molecule has 3 unspecified atom stereocenters. The molecule has 2 saturated carbocycles. The van der Waals surface area contributed by atoms with Gasteiger partial charge in [-0.2, -0.15) is 0 Å². The smallest absolute Gasteiger partial charge is 0.232 e. The van der Waals surface area contributed by atoms with Gasteiger partial charge in [-0.25, -0.2) is 0 Å². The summed E-state index contributed by atoms with van der Waals surface area (Å²) in [4.78, 5) is 18.1. The maximum atomic E-state index is 13.2. The minimum atomic E-state index is 0.335. The lowest BCUT2D eigenvalue weighted by molar-refractivity contribution is -0.134. The van der Waals surface area contributed by atoms with Gasteiger partial charge >= 0.3 is 0 Å². The van der Waals surface area contributed by atoms with Gasteiger partial charge in [-0.1, -0.05) is 51.4 Å². The minimum absolute atomic E-state index is 0.335. The molecule has 0 spiro atoms. The minimum Gasteiger partial charge on any atom is -0.339 e. The third-order valence-corrected chi connectivity index (χ3v) is 9.36. The number of hydrogen-bond acceptors (Lipinski definition) is 4. The molecule has 4 fully saturated rings. The Balaban J connectivity index is 1.28. The van der Waals surface area contributed by atoms with Crippen molar-refractivity contribution in [3.8, 4) is 0 Å². The maximum Gasteiger partial charge on any atom is 0.232 e. The first kappa shape index (κ1) is 22.9. The van der Waals surface area contributed by atoms with Gasteiger partial charge in [0.05, 0.1) is 5.75 Å². The van der Waals surface area contributed by atoms with Crippen molar-refractivity contribution in [1.82, 2.24) is 15.1 Å². The summed E-state index contributed by atoms with van der Waals surface area (Å²) in [5, 5.41) is 3.73. The number of amides is 1. The van der Waals surface area contributed by atoms with E-state index in [4.69, 9.17) is 0 Å². The summed E-state index contributed by atoms with van der Waals surface area (Å²) in [5.74, 6) is 2.70. The van der Waals surface area contributed by atoms with Gasteiger partial charge in [-0.15, -0.1) is 11.8 Å². The average Bonchev–Trinajstić information content (AvgIpc) is 2.92. The molecule has 4 nitrogen and oxygen atoms in total. The molecule has 2 aliphatic carbocycles. The van der Waals surface area contributed by atoms with Gasteiger partial charge < -0.3 is 4.90 Å². The molecule has 172 valence electrons. The zero-order chi connectivity index (χ0) is 20.6. The largest absolute Gasteiger partial charge is 0.339 e. The monoisotopic (exact) mass is 435 g/mol. The quantitative estimate of drug-likeness (QED) is 0.641. The van der Waals surface area contributed by atoms with Crippen LogP contribution in [-0.4, -0.2) is 59.2 Å². The predicted molar refractivity (Wildman–Crippen MR) is 128 cm³/mol. The normalized spacial score (nSPS) is 32.7. The van der Waals surface area contributed by atoms with Crippen LogP contribution >= 0.6 is 11.8 Å². The van der Waals surface area contributed by atoms with E-state index in [0.717, 1.165) is 24.9 Å². The van der Waals surface area contributed by atoms with Crippen molar-refractivity contribution in [2.45, 2.75) is 108 Å². The van der Waals surface area contributed by atoms with Crippen LogP contribution in [0.2, 0.25) is 0 Å². The number of fused-ring (bicyclic) bond motifs is 1. The van der Waals surface area contributed by atoms with Crippen molar-refractivity contribution in [2.75, 3.05) is 31.9 Å². The van der Waals surface area contributed by atoms with Gasteiger partial charge in [0, 0.05) is 25.7 Å². The van der Waals surface area contributed by atoms with E-state index in [9.17, 15) is 4.79 Å². The molecule has 4 rings (SSSR count). The van der Waals surface area contributed by atoms with Gasteiger partial charge in [0.25, 0.3) is 0 Å². The number of piperidine rings is 1. The summed E-state index contributed by atoms with van der Waals surface area (Å²) in [6, 6.07) is 0.551. The summed E-state index contributed by atoms with van der Waals surface area (Å²) >= 11 is 1.87. The number of carbonyl (C=O) groups is 1. The lowest BCUT2D eigenvalue weighted by atomic mass is 9.78. The number of nitrogens with zero attached hydrogens (tertiary/aromatic N) is 2. The first-order chi connectivity index (χ1) is 14.8. The van der Waals surface area contributed by atoms with Crippen molar-refractivity contribution in [2.24, 2.45) is 11.8 Å². The summed E-state index contributed by atoms with van der Waals surface area (Å²) in [7, 11) is 0. The van der Waals surface area contributed by atoms with Crippen LogP contribution in [0.25, 0.3) is 0 Å².